The molecule has 0 radical (unpaired) electrons. The highest BCUT2D eigenvalue weighted by Crippen LogP contribution is 2.27. The summed E-state index contributed by atoms with van der Waals surface area (Å²) in [6, 6.07) is 13.7. The molecule has 1 saturated heterocycles. The minimum atomic E-state index is -0.161. The summed E-state index contributed by atoms with van der Waals surface area (Å²) in [5.74, 6) is 0.298. The molecule has 2 nitrogen and oxygen atoms in total. The molecule has 0 bridgehead atoms. The molecule has 0 spiro atoms. The molecule has 0 aromatic heterocycles. The summed E-state index contributed by atoms with van der Waals surface area (Å²) < 4.78 is 14.1. The zero-order valence-electron chi connectivity index (χ0n) is 13.9. The third kappa shape index (κ3) is 3.73. The molecular weight excluding hydrogens is 287 g/mol. The van der Waals surface area contributed by atoms with Gasteiger partial charge in [-0.15, -0.1) is 0 Å². The maximum Gasteiger partial charge on any atom is 0.146 e. The van der Waals surface area contributed by atoms with Crippen LogP contribution in [0.3, 0.4) is 0 Å². The van der Waals surface area contributed by atoms with Gasteiger partial charge in [-0.1, -0.05) is 30.3 Å². The normalized spacial score (nSPS) is 21.5. The predicted octanol–water partition coefficient (Wildman–Crippen LogP) is 3.84. The lowest BCUT2D eigenvalue weighted by Crippen LogP contribution is -2.48. The SMILES string of the molecule is Cc1ccc(CC2CC(N)CN(c3ccccc3F)C2)cc1C. The average molecular weight is 312 g/mol. The number of anilines is 1. The molecule has 2 atom stereocenters. The molecule has 2 aromatic carbocycles. The molecule has 1 aliphatic heterocycles. The van der Waals surface area contributed by atoms with Gasteiger partial charge in [0.15, 0.2) is 0 Å². The zero-order valence-corrected chi connectivity index (χ0v) is 13.9. The molecule has 1 fully saturated rings. The number of rotatable bonds is 3. The van der Waals surface area contributed by atoms with Crippen LogP contribution in [0.25, 0.3) is 0 Å². The Morgan fingerprint density at radius 1 is 1.09 bits per heavy atom. The molecule has 3 heteroatoms. The van der Waals surface area contributed by atoms with E-state index in [1.165, 1.54) is 22.8 Å². The standard InChI is InChI=1S/C20H25FN2/c1-14-7-8-16(9-15(14)2)10-17-11-18(22)13-23(12-17)20-6-4-3-5-19(20)21/h3-9,17-18H,10-13,22H2,1-2H3. The average Bonchev–Trinajstić information content (AvgIpc) is 2.51. The van der Waals surface area contributed by atoms with Crippen LogP contribution in [-0.2, 0) is 6.42 Å². The maximum atomic E-state index is 14.1. The van der Waals surface area contributed by atoms with Crippen molar-refractivity contribution in [2.24, 2.45) is 11.7 Å². The summed E-state index contributed by atoms with van der Waals surface area (Å²) in [4.78, 5) is 2.11. The van der Waals surface area contributed by atoms with E-state index in [1.807, 2.05) is 12.1 Å². The van der Waals surface area contributed by atoms with Gasteiger partial charge in [-0.05, 0) is 61.4 Å². The highest BCUT2D eigenvalue weighted by molar-refractivity contribution is 5.48. The lowest BCUT2D eigenvalue weighted by atomic mass is 9.88. The van der Waals surface area contributed by atoms with Gasteiger partial charge in [-0.25, -0.2) is 4.39 Å². The fraction of sp³-hybridized carbons (Fsp3) is 0.400. The molecular formula is C20H25FN2. The van der Waals surface area contributed by atoms with Crippen molar-refractivity contribution < 1.29 is 4.39 Å². The van der Waals surface area contributed by atoms with E-state index >= 15 is 0 Å². The van der Waals surface area contributed by atoms with Gasteiger partial charge in [-0.3, -0.25) is 0 Å². The van der Waals surface area contributed by atoms with Crippen LogP contribution < -0.4 is 10.6 Å². The molecule has 0 amide bonds. The van der Waals surface area contributed by atoms with E-state index in [2.05, 4.69) is 36.9 Å². The van der Waals surface area contributed by atoms with Crippen LogP contribution in [0.15, 0.2) is 42.5 Å². The Kier molecular flexibility index (Phi) is 4.67. The van der Waals surface area contributed by atoms with Crippen molar-refractivity contribution >= 4 is 5.69 Å². The van der Waals surface area contributed by atoms with Crippen LogP contribution in [0, 0.1) is 25.6 Å². The Bertz CT molecular complexity index is 683. The Hall–Kier alpha value is -1.87. The number of nitrogens with zero attached hydrogens (tertiary/aromatic N) is 1. The van der Waals surface area contributed by atoms with Gasteiger partial charge in [0.05, 0.1) is 5.69 Å². The first kappa shape index (κ1) is 16.0. The number of aryl methyl sites for hydroxylation is 2. The van der Waals surface area contributed by atoms with Crippen LogP contribution in [0.1, 0.15) is 23.1 Å². The predicted molar refractivity (Wildman–Crippen MR) is 94.3 cm³/mol. The second-order valence-electron chi connectivity index (χ2n) is 6.84. The molecule has 1 aliphatic rings. The topological polar surface area (TPSA) is 29.3 Å². The van der Waals surface area contributed by atoms with E-state index in [1.54, 1.807) is 6.07 Å². The van der Waals surface area contributed by atoms with Crippen molar-refractivity contribution in [1.82, 2.24) is 0 Å². The highest BCUT2D eigenvalue weighted by atomic mass is 19.1. The third-order valence-electron chi connectivity index (χ3n) is 4.86. The highest BCUT2D eigenvalue weighted by Gasteiger charge is 2.26. The third-order valence-corrected chi connectivity index (χ3v) is 4.86. The molecule has 2 aromatic rings. The Morgan fingerprint density at radius 2 is 1.87 bits per heavy atom. The molecule has 122 valence electrons. The minimum absolute atomic E-state index is 0.0971. The van der Waals surface area contributed by atoms with Gasteiger partial charge in [0.2, 0.25) is 0 Å². The number of halogens is 1. The van der Waals surface area contributed by atoms with Crippen molar-refractivity contribution in [3.05, 3.63) is 65.0 Å². The Morgan fingerprint density at radius 3 is 2.61 bits per heavy atom. The quantitative estimate of drug-likeness (QED) is 0.933. The monoisotopic (exact) mass is 312 g/mol. The van der Waals surface area contributed by atoms with E-state index < -0.39 is 0 Å². The van der Waals surface area contributed by atoms with Crippen molar-refractivity contribution in [2.75, 3.05) is 18.0 Å². The Labute approximate surface area is 138 Å². The van der Waals surface area contributed by atoms with Crippen molar-refractivity contribution in [3.8, 4) is 0 Å². The van der Waals surface area contributed by atoms with Crippen LogP contribution in [0.2, 0.25) is 0 Å². The van der Waals surface area contributed by atoms with E-state index in [9.17, 15) is 4.39 Å². The van der Waals surface area contributed by atoms with Gasteiger partial charge in [0.25, 0.3) is 0 Å². The zero-order chi connectivity index (χ0) is 16.4. The molecule has 23 heavy (non-hydrogen) atoms. The largest absolute Gasteiger partial charge is 0.367 e. The fourth-order valence-electron chi connectivity index (χ4n) is 3.56. The summed E-state index contributed by atoms with van der Waals surface area (Å²) in [5, 5.41) is 0. The van der Waals surface area contributed by atoms with Crippen LogP contribution in [0.5, 0.6) is 0 Å². The number of para-hydroxylation sites is 1. The summed E-state index contributed by atoms with van der Waals surface area (Å²) >= 11 is 0. The first-order valence-corrected chi connectivity index (χ1v) is 8.34. The molecule has 1 heterocycles. The molecule has 0 aliphatic carbocycles. The van der Waals surface area contributed by atoms with Crippen molar-refractivity contribution in [2.45, 2.75) is 32.7 Å². The number of piperidine rings is 1. The van der Waals surface area contributed by atoms with Crippen LogP contribution >= 0.6 is 0 Å². The molecule has 3 rings (SSSR count). The molecule has 2 unspecified atom stereocenters. The summed E-state index contributed by atoms with van der Waals surface area (Å²) in [5.41, 5.74) is 10.9. The lowest BCUT2D eigenvalue weighted by Gasteiger charge is -2.38. The van der Waals surface area contributed by atoms with Crippen molar-refractivity contribution in [1.29, 1.82) is 0 Å². The van der Waals surface area contributed by atoms with Crippen LogP contribution in [0.4, 0.5) is 10.1 Å². The number of hydrogen-bond donors (Lipinski definition) is 1. The number of nitrogens with two attached hydrogens (primary N) is 1. The summed E-state index contributed by atoms with van der Waals surface area (Å²) in [7, 11) is 0. The molecule has 2 N–H and O–H groups in total. The summed E-state index contributed by atoms with van der Waals surface area (Å²) in [6.45, 7) is 5.87. The first-order chi connectivity index (χ1) is 11.0. The smallest absolute Gasteiger partial charge is 0.146 e. The second kappa shape index (κ2) is 6.71. The minimum Gasteiger partial charge on any atom is -0.367 e. The van der Waals surface area contributed by atoms with Crippen LogP contribution in [-0.4, -0.2) is 19.1 Å². The van der Waals surface area contributed by atoms with Crippen molar-refractivity contribution in [3.63, 3.8) is 0 Å². The van der Waals surface area contributed by atoms with Gasteiger partial charge >= 0.3 is 0 Å². The number of hydrogen-bond acceptors (Lipinski definition) is 2. The Balaban J connectivity index is 1.75. The van der Waals surface area contributed by atoms with E-state index in [0.29, 0.717) is 11.6 Å². The fourth-order valence-corrected chi connectivity index (χ4v) is 3.56. The van der Waals surface area contributed by atoms with E-state index in [0.717, 1.165) is 25.9 Å². The first-order valence-electron chi connectivity index (χ1n) is 8.34. The maximum absolute atomic E-state index is 14.1. The van der Waals surface area contributed by atoms with Gasteiger partial charge in [0.1, 0.15) is 5.82 Å². The van der Waals surface area contributed by atoms with Gasteiger partial charge in [-0.2, -0.15) is 0 Å². The second-order valence-corrected chi connectivity index (χ2v) is 6.84. The van der Waals surface area contributed by atoms with Gasteiger partial charge < -0.3 is 10.6 Å². The number of benzene rings is 2. The van der Waals surface area contributed by atoms with Gasteiger partial charge in [0, 0.05) is 19.1 Å². The van der Waals surface area contributed by atoms with E-state index in [4.69, 9.17) is 5.73 Å². The lowest BCUT2D eigenvalue weighted by molar-refractivity contribution is 0.372. The molecule has 0 saturated carbocycles. The summed E-state index contributed by atoms with van der Waals surface area (Å²) in [6.07, 6.45) is 2.00. The van der Waals surface area contributed by atoms with E-state index in [-0.39, 0.29) is 11.9 Å².